The van der Waals surface area contributed by atoms with Crippen LogP contribution in [0.2, 0.25) is 5.02 Å². The van der Waals surface area contributed by atoms with E-state index in [0.29, 0.717) is 22.4 Å². The van der Waals surface area contributed by atoms with Crippen molar-refractivity contribution in [1.82, 2.24) is 0 Å². The number of aliphatic hydroxyl groups excluding tert-OH is 3. The Kier molecular flexibility index (Phi) is 8.41. The molecule has 2 aliphatic rings. The number of hydrogen-bond acceptors (Lipinski definition) is 6. The first-order chi connectivity index (χ1) is 16.8. The monoisotopic (exact) mass is 504 g/mol. The highest BCUT2D eigenvalue weighted by atomic mass is 35.5. The number of ether oxygens (including phenoxy) is 3. The Hall–Kier alpha value is -1.67. The maximum Gasteiger partial charge on any atom is 0.197 e. The van der Waals surface area contributed by atoms with E-state index in [1.54, 1.807) is 12.1 Å². The summed E-state index contributed by atoms with van der Waals surface area (Å²) in [6, 6.07) is 13.6. The highest BCUT2D eigenvalue weighted by Crippen LogP contribution is 2.42. The van der Waals surface area contributed by atoms with Gasteiger partial charge < -0.3 is 29.5 Å². The van der Waals surface area contributed by atoms with Crippen LogP contribution in [0.3, 0.4) is 0 Å². The van der Waals surface area contributed by atoms with Crippen molar-refractivity contribution >= 4 is 11.6 Å². The molecule has 0 spiro atoms. The number of methoxy groups -OCH3 is 1. The van der Waals surface area contributed by atoms with Crippen LogP contribution in [0.15, 0.2) is 42.5 Å². The Bertz CT molecular complexity index is 974. The summed E-state index contributed by atoms with van der Waals surface area (Å²) in [6.45, 7) is 2.59. The third kappa shape index (κ3) is 5.68. The predicted molar refractivity (Wildman–Crippen MR) is 135 cm³/mol. The first-order valence-electron chi connectivity index (χ1n) is 12.5. The van der Waals surface area contributed by atoms with Gasteiger partial charge in [-0.1, -0.05) is 49.6 Å². The van der Waals surface area contributed by atoms with Crippen LogP contribution in [0.5, 0.6) is 5.75 Å². The Morgan fingerprint density at radius 3 is 2.43 bits per heavy atom. The summed E-state index contributed by atoms with van der Waals surface area (Å²) in [5.41, 5.74) is 2.96. The molecule has 1 saturated carbocycles. The lowest BCUT2D eigenvalue weighted by molar-refractivity contribution is -0.323. The lowest BCUT2D eigenvalue weighted by Crippen LogP contribution is -2.55. The van der Waals surface area contributed by atoms with Gasteiger partial charge in [0.05, 0.1) is 19.3 Å². The molecule has 1 aliphatic carbocycles. The van der Waals surface area contributed by atoms with E-state index in [-0.39, 0.29) is 6.42 Å². The third-order valence-corrected chi connectivity index (χ3v) is 8.24. The predicted octanol–water partition coefficient (Wildman–Crippen LogP) is 4.58. The van der Waals surface area contributed by atoms with Crippen LogP contribution in [0.25, 0.3) is 0 Å². The standard InChI is InChI=1S/C28H37ClO6/c1-3-27(12-4-5-13-27)18-34-22-9-6-19(7-10-22)14-20-15-21(8-11-23(20)29)28(33-2)16-24(31)26(32)25(17-30)35-28/h6-11,15,24-26,30-32H,3-5,12-14,16-18H2,1-2H3/t24-,25-,26+,28-/m1/s1. The molecule has 2 fully saturated rings. The summed E-state index contributed by atoms with van der Waals surface area (Å²) in [5.74, 6) is -0.414. The Morgan fingerprint density at radius 1 is 1.09 bits per heavy atom. The fourth-order valence-electron chi connectivity index (χ4n) is 5.42. The lowest BCUT2D eigenvalue weighted by Gasteiger charge is -2.44. The van der Waals surface area contributed by atoms with E-state index in [0.717, 1.165) is 29.9 Å². The summed E-state index contributed by atoms with van der Waals surface area (Å²) in [5, 5.41) is 30.7. The zero-order chi connectivity index (χ0) is 25.1. The minimum absolute atomic E-state index is 0.0352. The van der Waals surface area contributed by atoms with Crippen LogP contribution >= 0.6 is 11.6 Å². The van der Waals surface area contributed by atoms with Crippen molar-refractivity contribution in [1.29, 1.82) is 0 Å². The molecule has 4 atom stereocenters. The van der Waals surface area contributed by atoms with Gasteiger partial charge in [-0.2, -0.15) is 0 Å². The van der Waals surface area contributed by atoms with Crippen molar-refractivity contribution in [3.05, 3.63) is 64.2 Å². The zero-order valence-corrected chi connectivity index (χ0v) is 21.3. The molecule has 2 aromatic carbocycles. The summed E-state index contributed by atoms with van der Waals surface area (Å²) in [7, 11) is 1.49. The molecular formula is C28H37ClO6. The number of aliphatic hydroxyl groups is 3. The summed E-state index contributed by atoms with van der Waals surface area (Å²) >= 11 is 6.53. The minimum Gasteiger partial charge on any atom is -0.493 e. The fourth-order valence-corrected chi connectivity index (χ4v) is 5.60. The number of halogens is 1. The summed E-state index contributed by atoms with van der Waals surface area (Å²) in [4.78, 5) is 0. The topological polar surface area (TPSA) is 88.4 Å². The summed E-state index contributed by atoms with van der Waals surface area (Å²) < 4.78 is 17.8. The van der Waals surface area contributed by atoms with Gasteiger partial charge in [-0.15, -0.1) is 0 Å². The average Bonchev–Trinajstić information content (AvgIpc) is 3.36. The molecule has 0 aromatic heterocycles. The van der Waals surface area contributed by atoms with Gasteiger partial charge in [0.2, 0.25) is 0 Å². The van der Waals surface area contributed by atoms with Crippen molar-refractivity contribution in [3.8, 4) is 5.75 Å². The molecule has 1 saturated heterocycles. The molecule has 0 unspecified atom stereocenters. The molecule has 0 amide bonds. The molecule has 4 rings (SSSR count). The first kappa shape index (κ1) is 26.4. The van der Waals surface area contributed by atoms with Crippen molar-refractivity contribution in [2.45, 2.75) is 76.0 Å². The van der Waals surface area contributed by atoms with Gasteiger partial charge in [-0.05, 0) is 61.1 Å². The van der Waals surface area contributed by atoms with Gasteiger partial charge in [-0.25, -0.2) is 0 Å². The van der Waals surface area contributed by atoms with Gasteiger partial charge in [0, 0.05) is 29.5 Å². The maximum absolute atomic E-state index is 10.4. The maximum atomic E-state index is 10.4. The number of rotatable bonds is 9. The first-order valence-corrected chi connectivity index (χ1v) is 12.9. The normalized spacial score (nSPS) is 28.2. The highest BCUT2D eigenvalue weighted by Gasteiger charge is 2.47. The van der Waals surface area contributed by atoms with Crippen molar-refractivity contribution in [2.75, 3.05) is 20.3 Å². The fraction of sp³-hybridized carbons (Fsp3) is 0.571. The molecule has 192 valence electrons. The van der Waals surface area contributed by atoms with Crippen LogP contribution in [-0.4, -0.2) is 54.0 Å². The minimum atomic E-state index is -1.29. The quantitative estimate of drug-likeness (QED) is 0.463. The van der Waals surface area contributed by atoms with E-state index in [4.69, 9.17) is 25.8 Å². The van der Waals surface area contributed by atoms with Gasteiger partial charge >= 0.3 is 0 Å². The van der Waals surface area contributed by atoms with Gasteiger partial charge in [0.1, 0.15) is 18.0 Å². The molecule has 0 bridgehead atoms. The smallest absolute Gasteiger partial charge is 0.197 e. The second kappa shape index (κ2) is 11.2. The molecule has 6 nitrogen and oxygen atoms in total. The van der Waals surface area contributed by atoms with Crippen LogP contribution in [0, 0.1) is 5.41 Å². The molecule has 7 heteroatoms. The number of hydrogen-bond donors (Lipinski definition) is 3. The SMILES string of the molecule is CCC1(COc2ccc(Cc3cc([C@@]4(OC)C[C@@H](O)[C@H](O)[C@@H](CO)O4)ccc3Cl)cc2)CCCC1. The van der Waals surface area contributed by atoms with E-state index in [9.17, 15) is 15.3 Å². The van der Waals surface area contributed by atoms with Crippen LogP contribution in [0.4, 0.5) is 0 Å². The lowest BCUT2D eigenvalue weighted by atomic mass is 9.84. The van der Waals surface area contributed by atoms with Crippen LogP contribution < -0.4 is 4.74 Å². The Morgan fingerprint density at radius 2 is 1.80 bits per heavy atom. The molecule has 1 heterocycles. The Labute approximate surface area is 212 Å². The van der Waals surface area contributed by atoms with Crippen molar-refractivity contribution in [2.24, 2.45) is 5.41 Å². The molecule has 1 aliphatic heterocycles. The van der Waals surface area contributed by atoms with E-state index < -0.39 is 30.7 Å². The molecule has 2 aromatic rings. The number of benzene rings is 2. The van der Waals surface area contributed by atoms with Crippen molar-refractivity contribution in [3.63, 3.8) is 0 Å². The largest absolute Gasteiger partial charge is 0.493 e. The van der Waals surface area contributed by atoms with Gasteiger partial charge in [-0.3, -0.25) is 0 Å². The molecule has 3 N–H and O–H groups in total. The second-order valence-electron chi connectivity index (χ2n) is 10.0. The van der Waals surface area contributed by atoms with E-state index >= 15 is 0 Å². The van der Waals surface area contributed by atoms with E-state index in [2.05, 4.69) is 19.1 Å². The Balaban J connectivity index is 1.48. The molecule has 35 heavy (non-hydrogen) atoms. The second-order valence-corrected chi connectivity index (χ2v) is 10.4. The zero-order valence-electron chi connectivity index (χ0n) is 20.6. The van der Waals surface area contributed by atoms with Gasteiger partial charge in [0.25, 0.3) is 0 Å². The van der Waals surface area contributed by atoms with Crippen LogP contribution in [0.1, 0.15) is 62.1 Å². The highest BCUT2D eigenvalue weighted by molar-refractivity contribution is 6.31. The van der Waals surface area contributed by atoms with E-state index in [1.165, 1.54) is 32.8 Å². The summed E-state index contributed by atoms with van der Waals surface area (Å²) in [6.07, 6.45) is 3.64. The van der Waals surface area contributed by atoms with Crippen molar-refractivity contribution < 1.29 is 29.5 Å². The molecule has 0 radical (unpaired) electrons. The van der Waals surface area contributed by atoms with E-state index in [1.807, 2.05) is 18.2 Å². The van der Waals surface area contributed by atoms with Gasteiger partial charge in [0.15, 0.2) is 5.79 Å². The average molecular weight is 505 g/mol. The third-order valence-electron chi connectivity index (χ3n) is 7.87. The van der Waals surface area contributed by atoms with Crippen LogP contribution in [-0.2, 0) is 21.7 Å². The molecular weight excluding hydrogens is 468 g/mol.